The number of hydrogen-bond acceptors (Lipinski definition) is 6. The van der Waals surface area contributed by atoms with Crippen LogP contribution in [0.15, 0.2) is 48.5 Å². The Morgan fingerprint density at radius 2 is 1.68 bits per heavy atom. The average Bonchev–Trinajstić information content (AvgIpc) is 2.86. The topological polar surface area (TPSA) is 100 Å². The monoisotopic (exact) mass is 488 g/mol. The van der Waals surface area contributed by atoms with Crippen molar-refractivity contribution in [3.8, 4) is 5.75 Å². The van der Waals surface area contributed by atoms with Gasteiger partial charge in [-0.1, -0.05) is 29.8 Å². The minimum atomic E-state index is -0.626. The maximum Gasteiger partial charge on any atom is 0.327 e. The smallest absolute Gasteiger partial charge is 0.327 e. The Morgan fingerprint density at radius 1 is 1.00 bits per heavy atom. The van der Waals surface area contributed by atoms with E-state index in [1.165, 1.54) is 7.11 Å². The van der Waals surface area contributed by atoms with Crippen LogP contribution in [0.5, 0.6) is 5.75 Å². The molecule has 3 amide bonds. The summed E-state index contributed by atoms with van der Waals surface area (Å²) in [5.74, 6) is 0.248. The lowest BCUT2D eigenvalue weighted by Crippen LogP contribution is -2.51. The van der Waals surface area contributed by atoms with Gasteiger partial charge < -0.3 is 25.0 Å². The Hall–Kier alpha value is -3.30. The molecule has 0 spiro atoms. The number of carbonyl (C=O) groups excluding carboxylic acids is 3. The Morgan fingerprint density at radius 3 is 2.29 bits per heavy atom. The molecule has 0 aromatic heterocycles. The number of halogens is 1. The number of hydrogen-bond donors (Lipinski definition) is 2. The first-order valence-electron chi connectivity index (χ1n) is 11.0. The molecule has 0 saturated carbocycles. The van der Waals surface area contributed by atoms with Crippen LogP contribution in [0.1, 0.15) is 18.0 Å². The van der Waals surface area contributed by atoms with E-state index in [2.05, 4.69) is 10.6 Å². The fourth-order valence-electron chi connectivity index (χ4n) is 3.80. The number of rotatable bonds is 8. The zero-order valence-electron chi connectivity index (χ0n) is 19.3. The molecule has 182 valence electrons. The number of esters is 1. The first kappa shape index (κ1) is 25.3. The molecule has 9 nitrogen and oxygen atoms in total. The van der Waals surface area contributed by atoms with E-state index in [4.69, 9.17) is 21.1 Å². The molecule has 2 aromatic rings. The van der Waals surface area contributed by atoms with Crippen molar-refractivity contribution in [2.24, 2.45) is 0 Å². The van der Waals surface area contributed by atoms with Crippen LogP contribution < -0.4 is 15.4 Å². The summed E-state index contributed by atoms with van der Waals surface area (Å²) < 4.78 is 10.1. The number of nitrogens with one attached hydrogen (secondary N) is 2. The van der Waals surface area contributed by atoms with Gasteiger partial charge in [0, 0.05) is 49.9 Å². The Balaban J connectivity index is 1.45. The second-order valence-corrected chi connectivity index (χ2v) is 8.13. The zero-order valence-corrected chi connectivity index (χ0v) is 20.0. The standard InChI is InChI=1S/C24H29ClN4O5/c1-33-18-9-7-17(8-10-18)27-24(32)26-12-11-21(30)28-13-15-29(16-14-28)22(23(31)34-2)19-5-3-4-6-20(19)25/h3-10,22H,11-16H2,1-2H3,(H2,26,27,32). The van der Waals surface area contributed by atoms with Crippen molar-refractivity contribution >= 4 is 35.2 Å². The van der Waals surface area contributed by atoms with Crippen molar-refractivity contribution in [1.82, 2.24) is 15.1 Å². The molecule has 0 radical (unpaired) electrons. The number of anilines is 1. The number of benzene rings is 2. The van der Waals surface area contributed by atoms with Crippen LogP contribution in [0.2, 0.25) is 5.02 Å². The van der Waals surface area contributed by atoms with Gasteiger partial charge in [0.2, 0.25) is 5.91 Å². The summed E-state index contributed by atoms with van der Waals surface area (Å²) in [6.07, 6.45) is 0.182. The maximum absolute atomic E-state index is 12.6. The molecule has 1 saturated heterocycles. The molecule has 2 N–H and O–H groups in total. The third-order valence-corrected chi connectivity index (χ3v) is 5.97. The lowest BCUT2D eigenvalue weighted by Gasteiger charge is -2.38. The SMILES string of the molecule is COC(=O)C(c1ccccc1Cl)N1CCN(C(=O)CCNC(=O)Nc2ccc(OC)cc2)CC1. The molecule has 1 heterocycles. The van der Waals surface area contributed by atoms with Crippen molar-refractivity contribution in [2.45, 2.75) is 12.5 Å². The van der Waals surface area contributed by atoms with E-state index >= 15 is 0 Å². The van der Waals surface area contributed by atoms with Crippen molar-refractivity contribution in [3.63, 3.8) is 0 Å². The summed E-state index contributed by atoms with van der Waals surface area (Å²) in [5, 5.41) is 5.90. The van der Waals surface area contributed by atoms with Crippen molar-refractivity contribution in [1.29, 1.82) is 0 Å². The van der Waals surface area contributed by atoms with E-state index in [9.17, 15) is 14.4 Å². The largest absolute Gasteiger partial charge is 0.497 e. The van der Waals surface area contributed by atoms with Crippen molar-refractivity contribution in [2.75, 3.05) is 52.3 Å². The van der Waals surface area contributed by atoms with E-state index in [0.717, 1.165) is 0 Å². The molecule has 34 heavy (non-hydrogen) atoms. The maximum atomic E-state index is 12.6. The number of nitrogens with zero attached hydrogens (tertiary/aromatic N) is 2. The van der Waals surface area contributed by atoms with Crippen LogP contribution in [-0.2, 0) is 14.3 Å². The number of piperazine rings is 1. The number of amides is 3. The van der Waals surface area contributed by atoms with Gasteiger partial charge in [0.05, 0.1) is 14.2 Å². The number of ether oxygens (including phenoxy) is 2. The molecule has 2 aromatic carbocycles. The summed E-state index contributed by atoms with van der Waals surface area (Å²) in [7, 11) is 2.92. The molecule has 3 rings (SSSR count). The third-order valence-electron chi connectivity index (χ3n) is 5.63. The summed E-state index contributed by atoms with van der Waals surface area (Å²) in [5.41, 5.74) is 1.31. The number of urea groups is 1. The molecule has 1 aliphatic heterocycles. The van der Waals surface area contributed by atoms with Crippen LogP contribution >= 0.6 is 11.6 Å². The molecule has 0 aliphatic carbocycles. The van der Waals surface area contributed by atoms with Gasteiger partial charge in [0.15, 0.2) is 0 Å². The second kappa shape index (κ2) is 12.2. The van der Waals surface area contributed by atoms with Gasteiger partial charge in [-0.2, -0.15) is 0 Å². The molecule has 1 unspecified atom stereocenters. The van der Waals surface area contributed by atoms with E-state index in [0.29, 0.717) is 48.2 Å². The van der Waals surface area contributed by atoms with Gasteiger partial charge in [-0.25, -0.2) is 9.59 Å². The Labute approximate surface area is 203 Å². The van der Waals surface area contributed by atoms with E-state index in [1.54, 1.807) is 42.3 Å². The third kappa shape index (κ3) is 6.61. The fourth-order valence-corrected chi connectivity index (χ4v) is 4.04. The highest BCUT2D eigenvalue weighted by atomic mass is 35.5. The highest BCUT2D eigenvalue weighted by Crippen LogP contribution is 2.29. The molecule has 1 fully saturated rings. The van der Waals surface area contributed by atoms with Crippen molar-refractivity contribution in [3.05, 3.63) is 59.1 Å². The van der Waals surface area contributed by atoms with Crippen LogP contribution in [0.4, 0.5) is 10.5 Å². The summed E-state index contributed by atoms with van der Waals surface area (Å²) >= 11 is 6.32. The van der Waals surface area contributed by atoms with Gasteiger partial charge in [-0.15, -0.1) is 0 Å². The summed E-state index contributed by atoms with van der Waals surface area (Å²) in [6.45, 7) is 2.15. The number of methoxy groups -OCH3 is 2. The molecular weight excluding hydrogens is 460 g/mol. The van der Waals surface area contributed by atoms with Gasteiger partial charge in [-0.05, 0) is 35.9 Å². The van der Waals surface area contributed by atoms with Gasteiger partial charge in [0.25, 0.3) is 0 Å². The van der Waals surface area contributed by atoms with Crippen LogP contribution in [0.25, 0.3) is 0 Å². The van der Waals surface area contributed by atoms with Crippen LogP contribution in [-0.4, -0.2) is 74.7 Å². The molecule has 0 bridgehead atoms. The van der Waals surface area contributed by atoms with Gasteiger partial charge >= 0.3 is 12.0 Å². The van der Waals surface area contributed by atoms with Crippen LogP contribution in [0, 0.1) is 0 Å². The predicted molar refractivity (Wildman–Crippen MR) is 129 cm³/mol. The van der Waals surface area contributed by atoms with E-state index in [-0.39, 0.29) is 30.9 Å². The quantitative estimate of drug-likeness (QED) is 0.554. The highest BCUT2D eigenvalue weighted by Gasteiger charge is 2.33. The highest BCUT2D eigenvalue weighted by molar-refractivity contribution is 6.31. The van der Waals surface area contributed by atoms with E-state index < -0.39 is 6.04 Å². The first-order valence-corrected chi connectivity index (χ1v) is 11.3. The second-order valence-electron chi connectivity index (χ2n) is 7.72. The van der Waals surface area contributed by atoms with Gasteiger partial charge in [0.1, 0.15) is 11.8 Å². The first-order chi connectivity index (χ1) is 16.4. The Kier molecular flexibility index (Phi) is 9.12. The van der Waals surface area contributed by atoms with Gasteiger partial charge in [-0.3, -0.25) is 9.69 Å². The van der Waals surface area contributed by atoms with Crippen molar-refractivity contribution < 1.29 is 23.9 Å². The lowest BCUT2D eigenvalue weighted by molar-refractivity contribution is -0.148. The molecule has 10 heteroatoms. The average molecular weight is 489 g/mol. The minimum Gasteiger partial charge on any atom is -0.497 e. The summed E-state index contributed by atoms with van der Waals surface area (Å²) in [4.78, 5) is 40.9. The zero-order chi connectivity index (χ0) is 24.5. The predicted octanol–water partition coefficient (Wildman–Crippen LogP) is 2.92. The molecule has 1 aliphatic rings. The normalized spacial score (nSPS) is 14.7. The minimum absolute atomic E-state index is 0.0586. The lowest BCUT2D eigenvalue weighted by atomic mass is 10.0. The molecular formula is C24H29ClN4O5. The Bertz CT molecular complexity index is 993. The fraction of sp³-hybridized carbons (Fsp3) is 0.375. The van der Waals surface area contributed by atoms with Crippen LogP contribution in [0.3, 0.4) is 0 Å². The summed E-state index contributed by atoms with van der Waals surface area (Å²) in [6, 6.07) is 13.1. The van der Waals surface area contributed by atoms with E-state index in [1.807, 2.05) is 23.1 Å². The molecule has 1 atom stereocenters. The number of carbonyl (C=O) groups is 3.